The van der Waals surface area contributed by atoms with Gasteiger partial charge in [-0.3, -0.25) is 9.48 Å². The Morgan fingerprint density at radius 2 is 1.96 bits per heavy atom. The van der Waals surface area contributed by atoms with Crippen molar-refractivity contribution in [1.29, 1.82) is 0 Å². The Labute approximate surface area is 158 Å². The minimum Gasteiger partial charge on any atom is -0.459 e. The number of amides is 1. The topological polar surface area (TPSA) is 88.7 Å². The van der Waals surface area contributed by atoms with Crippen LogP contribution in [0, 0.1) is 13.8 Å². The molecule has 9 heteroatoms. The fraction of sp³-hybridized carbons (Fsp3) is 0.556. The van der Waals surface area contributed by atoms with Crippen LogP contribution in [0.15, 0.2) is 22.8 Å². The van der Waals surface area contributed by atoms with E-state index >= 15 is 0 Å². The quantitative estimate of drug-likeness (QED) is 0.785. The molecule has 1 amide bonds. The van der Waals surface area contributed by atoms with E-state index in [9.17, 15) is 13.2 Å². The third kappa shape index (κ3) is 3.36. The Hall–Kier alpha value is -2.29. The van der Waals surface area contributed by atoms with Crippen LogP contribution in [-0.2, 0) is 9.84 Å². The van der Waals surface area contributed by atoms with E-state index in [-0.39, 0.29) is 23.5 Å². The van der Waals surface area contributed by atoms with Gasteiger partial charge in [-0.1, -0.05) is 0 Å². The molecule has 0 spiro atoms. The number of piperazine rings is 1. The standard InChI is InChI=1S/C18H24N4O4S/c1-13-17(14(2)22(19-13)15-5-11-27(24,25)12-15)20-6-8-21(9-7-20)18(23)16-4-3-10-26-16/h3-4,10,15H,5-9,11-12H2,1-2H3/t15-/m1/s1. The van der Waals surface area contributed by atoms with Gasteiger partial charge in [-0.15, -0.1) is 0 Å². The third-order valence-corrected chi connectivity index (χ3v) is 7.21. The van der Waals surface area contributed by atoms with Gasteiger partial charge in [-0.05, 0) is 32.4 Å². The van der Waals surface area contributed by atoms with Gasteiger partial charge in [0.2, 0.25) is 0 Å². The van der Waals surface area contributed by atoms with Crippen molar-refractivity contribution in [2.24, 2.45) is 0 Å². The molecular formula is C18H24N4O4S. The lowest BCUT2D eigenvalue weighted by Gasteiger charge is -2.35. The highest BCUT2D eigenvalue weighted by Gasteiger charge is 2.33. The van der Waals surface area contributed by atoms with Crippen molar-refractivity contribution in [2.45, 2.75) is 26.3 Å². The van der Waals surface area contributed by atoms with Crippen LogP contribution in [0.3, 0.4) is 0 Å². The number of carbonyl (C=O) groups excluding carboxylic acids is 1. The number of aromatic nitrogens is 2. The zero-order chi connectivity index (χ0) is 19.2. The highest BCUT2D eigenvalue weighted by molar-refractivity contribution is 7.91. The van der Waals surface area contributed by atoms with E-state index in [0.29, 0.717) is 38.4 Å². The first-order valence-corrected chi connectivity index (χ1v) is 11.0. The van der Waals surface area contributed by atoms with Gasteiger partial charge in [0, 0.05) is 26.2 Å². The zero-order valence-corrected chi connectivity index (χ0v) is 16.4. The molecule has 0 aliphatic carbocycles. The van der Waals surface area contributed by atoms with Gasteiger partial charge >= 0.3 is 0 Å². The summed E-state index contributed by atoms with van der Waals surface area (Å²) in [7, 11) is -2.95. The molecule has 0 unspecified atom stereocenters. The van der Waals surface area contributed by atoms with E-state index in [1.807, 2.05) is 18.5 Å². The molecule has 2 saturated heterocycles. The lowest BCUT2D eigenvalue weighted by atomic mass is 10.2. The van der Waals surface area contributed by atoms with E-state index in [4.69, 9.17) is 4.42 Å². The maximum atomic E-state index is 12.4. The van der Waals surface area contributed by atoms with Crippen LogP contribution in [0.1, 0.15) is 34.4 Å². The molecule has 2 aliphatic heterocycles. The second kappa shape index (κ2) is 6.70. The molecule has 2 aromatic rings. The van der Waals surface area contributed by atoms with Crippen molar-refractivity contribution in [3.05, 3.63) is 35.5 Å². The summed E-state index contributed by atoms with van der Waals surface area (Å²) in [4.78, 5) is 16.5. The molecule has 2 fully saturated rings. The minimum absolute atomic E-state index is 0.0794. The largest absolute Gasteiger partial charge is 0.459 e. The van der Waals surface area contributed by atoms with Gasteiger partial charge in [0.25, 0.3) is 5.91 Å². The zero-order valence-electron chi connectivity index (χ0n) is 15.6. The summed E-state index contributed by atoms with van der Waals surface area (Å²) >= 11 is 0. The summed E-state index contributed by atoms with van der Waals surface area (Å²) < 4.78 is 30.7. The van der Waals surface area contributed by atoms with Crippen molar-refractivity contribution in [1.82, 2.24) is 14.7 Å². The Kier molecular flexibility index (Phi) is 4.49. The molecule has 0 radical (unpaired) electrons. The molecule has 1 atom stereocenters. The van der Waals surface area contributed by atoms with Crippen molar-refractivity contribution in [3.8, 4) is 0 Å². The highest BCUT2D eigenvalue weighted by atomic mass is 32.2. The number of sulfone groups is 1. The van der Waals surface area contributed by atoms with Crippen LogP contribution in [0.5, 0.6) is 0 Å². The Morgan fingerprint density at radius 3 is 2.56 bits per heavy atom. The molecule has 146 valence electrons. The maximum absolute atomic E-state index is 12.4. The van der Waals surface area contributed by atoms with Gasteiger partial charge in [0.05, 0.1) is 40.9 Å². The molecule has 0 saturated carbocycles. The number of hydrogen-bond acceptors (Lipinski definition) is 6. The fourth-order valence-electron chi connectivity index (χ4n) is 4.12. The van der Waals surface area contributed by atoms with Gasteiger partial charge < -0.3 is 14.2 Å². The molecule has 2 aromatic heterocycles. The fourth-order valence-corrected chi connectivity index (χ4v) is 5.82. The molecule has 0 aromatic carbocycles. The van der Waals surface area contributed by atoms with Crippen molar-refractivity contribution >= 4 is 21.4 Å². The molecule has 8 nitrogen and oxygen atoms in total. The normalized spacial score (nSPS) is 22.4. The second-order valence-corrected chi connectivity index (χ2v) is 9.51. The average Bonchev–Trinajstić information content (AvgIpc) is 3.35. The first kappa shape index (κ1) is 18.1. The van der Waals surface area contributed by atoms with E-state index in [1.54, 1.807) is 17.0 Å². The van der Waals surface area contributed by atoms with E-state index < -0.39 is 9.84 Å². The number of anilines is 1. The average molecular weight is 392 g/mol. The molecule has 0 bridgehead atoms. The summed E-state index contributed by atoms with van der Waals surface area (Å²) in [5.74, 6) is 0.685. The lowest BCUT2D eigenvalue weighted by molar-refractivity contribution is 0.0714. The van der Waals surface area contributed by atoms with Crippen LogP contribution in [0.2, 0.25) is 0 Å². The first-order chi connectivity index (χ1) is 12.9. The van der Waals surface area contributed by atoms with Gasteiger partial charge in [-0.25, -0.2) is 8.42 Å². The summed E-state index contributed by atoms with van der Waals surface area (Å²) in [6.45, 7) is 6.61. The predicted molar refractivity (Wildman–Crippen MR) is 101 cm³/mol. The predicted octanol–water partition coefficient (Wildman–Crippen LogP) is 1.41. The van der Waals surface area contributed by atoms with Gasteiger partial charge in [-0.2, -0.15) is 5.10 Å². The van der Waals surface area contributed by atoms with E-state index in [2.05, 4.69) is 10.00 Å². The minimum atomic E-state index is -2.95. The molecule has 27 heavy (non-hydrogen) atoms. The van der Waals surface area contributed by atoms with Crippen molar-refractivity contribution < 1.29 is 17.6 Å². The van der Waals surface area contributed by atoms with Crippen LogP contribution in [0.25, 0.3) is 0 Å². The molecule has 4 rings (SSSR count). The first-order valence-electron chi connectivity index (χ1n) is 9.19. The van der Waals surface area contributed by atoms with Crippen LogP contribution < -0.4 is 4.90 Å². The number of nitrogens with zero attached hydrogens (tertiary/aromatic N) is 4. The Bertz CT molecular complexity index is 940. The summed E-state index contributed by atoms with van der Waals surface area (Å²) in [5.41, 5.74) is 2.97. The summed E-state index contributed by atoms with van der Waals surface area (Å²) in [6.07, 6.45) is 2.13. The lowest BCUT2D eigenvalue weighted by Crippen LogP contribution is -2.49. The van der Waals surface area contributed by atoms with E-state index in [1.165, 1.54) is 6.26 Å². The van der Waals surface area contributed by atoms with Crippen molar-refractivity contribution in [3.63, 3.8) is 0 Å². The SMILES string of the molecule is Cc1nn([C@@H]2CCS(=O)(=O)C2)c(C)c1N1CCN(C(=O)c2ccco2)CC1. The van der Waals surface area contributed by atoms with Crippen LogP contribution >= 0.6 is 0 Å². The Morgan fingerprint density at radius 1 is 1.22 bits per heavy atom. The molecular weight excluding hydrogens is 368 g/mol. The van der Waals surface area contributed by atoms with E-state index in [0.717, 1.165) is 17.1 Å². The highest BCUT2D eigenvalue weighted by Crippen LogP contribution is 2.31. The molecule has 2 aliphatic rings. The number of furan rings is 1. The van der Waals surface area contributed by atoms with Gasteiger partial charge in [0.15, 0.2) is 15.6 Å². The second-order valence-electron chi connectivity index (χ2n) is 7.28. The molecule has 4 heterocycles. The number of rotatable bonds is 3. The summed E-state index contributed by atoms with van der Waals surface area (Å²) in [6, 6.07) is 3.32. The van der Waals surface area contributed by atoms with Crippen molar-refractivity contribution in [2.75, 3.05) is 42.6 Å². The maximum Gasteiger partial charge on any atom is 0.289 e. The smallest absolute Gasteiger partial charge is 0.289 e. The monoisotopic (exact) mass is 392 g/mol. The van der Waals surface area contributed by atoms with Crippen LogP contribution in [0.4, 0.5) is 5.69 Å². The molecule has 0 N–H and O–H groups in total. The third-order valence-electron chi connectivity index (χ3n) is 5.46. The number of carbonyl (C=O) groups is 1. The number of hydrogen-bond donors (Lipinski definition) is 0. The Balaban J connectivity index is 1.48. The summed E-state index contributed by atoms with van der Waals surface area (Å²) in [5, 5.41) is 4.64. The number of aryl methyl sites for hydroxylation is 1. The van der Waals surface area contributed by atoms with Gasteiger partial charge in [0.1, 0.15) is 0 Å². The van der Waals surface area contributed by atoms with Crippen LogP contribution in [-0.4, -0.2) is 66.7 Å².